The lowest BCUT2D eigenvalue weighted by Crippen LogP contribution is -2.41. The van der Waals surface area contributed by atoms with Crippen LogP contribution in [0.2, 0.25) is 0 Å². The van der Waals surface area contributed by atoms with Crippen molar-refractivity contribution in [2.45, 2.75) is 26.3 Å². The molecule has 0 bridgehead atoms. The summed E-state index contributed by atoms with van der Waals surface area (Å²) in [7, 11) is 1.30. The van der Waals surface area contributed by atoms with Crippen LogP contribution in [0.1, 0.15) is 19.5 Å². The van der Waals surface area contributed by atoms with E-state index >= 15 is 0 Å². The van der Waals surface area contributed by atoms with Gasteiger partial charge in [-0.1, -0.05) is 17.3 Å². The number of benzene rings is 1. The quantitative estimate of drug-likeness (QED) is 0.785. The Kier molecular flexibility index (Phi) is 4.57. The normalized spacial score (nSPS) is 10.9. The molecule has 21 heavy (non-hydrogen) atoms. The number of ether oxygens (including phenoxy) is 1. The molecule has 0 aliphatic carbocycles. The first-order valence-electron chi connectivity index (χ1n) is 6.72. The maximum absolute atomic E-state index is 12.4. The molecule has 0 aliphatic heterocycles. The monoisotopic (exact) mass is 290 g/mol. The molecule has 1 heterocycles. The van der Waals surface area contributed by atoms with E-state index in [0.717, 1.165) is 5.39 Å². The van der Waals surface area contributed by atoms with E-state index in [4.69, 9.17) is 4.52 Å². The number of aromatic nitrogens is 1. The summed E-state index contributed by atoms with van der Waals surface area (Å²) in [5, 5.41) is 4.75. The molecule has 2 aromatic rings. The van der Waals surface area contributed by atoms with Crippen LogP contribution in [-0.4, -0.2) is 41.6 Å². The zero-order valence-electron chi connectivity index (χ0n) is 12.3. The molecule has 0 unspecified atom stereocenters. The molecule has 1 aromatic carbocycles. The van der Waals surface area contributed by atoms with Gasteiger partial charge in [-0.15, -0.1) is 0 Å². The highest BCUT2D eigenvalue weighted by Crippen LogP contribution is 2.19. The molecule has 0 fully saturated rings. The highest BCUT2D eigenvalue weighted by Gasteiger charge is 2.22. The second-order valence-electron chi connectivity index (χ2n) is 4.99. The first-order chi connectivity index (χ1) is 10.0. The number of methoxy groups -OCH3 is 1. The van der Waals surface area contributed by atoms with Gasteiger partial charge in [0.1, 0.15) is 12.2 Å². The Morgan fingerprint density at radius 2 is 2.05 bits per heavy atom. The van der Waals surface area contributed by atoms with Crippen molar-refractivity contribution in [1.29, 1.82) is 0 Å². The molecule has 6 heteroatoms. The summed E-state index contributed by atoms with van der Waals surface area (Å²) < 4.78 is 9.80. The summed E-state index contributed by atoms with van der Waals surface area (Å²) in [6, 6.07) is 7.26. The molecule has 1 aromatic heterocycles. The Hall–Kier alpha value is -2.37. The van der Waals surface area contributed by atoms with E-state index in [1.165, 1.54) is 12.0 Å². The molecule has 0 saturated carbocycles. The molecule has 1 amide bonds. The van der Waals surface area contributed by atoms with Crippen LogP contribution in [0, 0.1) is 0 Å². The van der Waals surface area contributed by atoms with E-state index in [1.807, 2.05) is 32.0 Å². The molecule has 0 aliphatic rings. The van der Waals surface area contributed by atoms with Crippen molar-refractivity contribution < 1.29 is 18.8 Å². The molecular weight excluding hydrogens is 272 g/mol. The molecule has 0 saturated heterocycles. The fraction of sp³-hybridized carbons (Fsp3) is 0.400. The van der Waals surface area contributed by atoms with Crippen LogP contribution in [0.5, 0.6) is 0 Å². The third kappa shape index (κ3) is 3.39. The van der Waals surface area contributed by atoms with Gasteiger partial charge in [-0.3, -0.25) is 9.59 Å². The van der Waals surface area contributed by atoms with Crippen LogP contribution in [0.3, 0.4) is 0 Å². The SMILES string of the molecule is COC(=O)CN(C(=O)Cc1noc2ccccc12)C(C)C. The van der Waals surface area contributed by atoms with E-state index in [9.17, 15) is 9.59 Å². The smallest absolute Gasteiger partial charge is 0.325 e. The lowest BCUT2D eigenvalue weighted by Gasteiger charge is -2.25. The Bertz CT molecular complexity index is 648. The number of hydrogen-bond acceptors (Lipinski definition) is 5. The van der Waals surface area contributed by atoms with Gasteiger partial charge >= 0.3 is 5.97 Å². The molecule has 2 rings (SSSR count). The standard InChI is InChI=1S/C15H18N2O4/c1-10(2)17(9-15(19)20-3)14(18)8-12-11-6-4-5-7-13(11)21-16-12/h4-7,10H,8-9H2,1-3H3. The van der Waals surface area contributed by atoms with Crippen LogP contribution in [0.25, 0.3) is 11.0 Å². The zero-order chi connectivity index (χ0) is 15.4. The summed E-state index contributed by atoms with van der Waals surface area (Å²) in [4.78, 5) is 25.2. The minimum absolute atomic E-state index is 0.0667. The molecule has 112 valence electrons. The largest absolute Gasteiger partial charge is 0.468 e. The first kappa shape index (κ1) is 15.0. The Balaban J connectivity index is 2.16. The van der Waals surface area contributed by atoms with E-state index in [1.54, 1.807) is 6.07 Å². The lowest BCUT2D eigenvalue weighted by molar-refractivity contribution is -0.148. The van der Waals surface area contributed by atoms with Crippen LogP contribution < -0.4 is 0 Å². The number of hydrogen-bond donors (Lipinski definition) is 0. The number of amides is 1. The van der Waals surface area contributed by atoms with Crippen LogP contribution >= 0.6 is 0 Å². The number of carbonyl (C=O) groups is 2. The predicted octanol–water partition coefficient (Wildman–Crippen LogP) is 1.78. The summed E-state index contributed by atoms with van der Waals surface area (Å²) in [5.41, 5.74) is 1.22. The molecule has 0 spiro atoms. The highest BCUT2D eigenvalue weighted by molar-refractivity contribution is 5.88. The van der Waals surface area contributed by atoms with Gasteiger partial charge in [0.25, 0.3) is 0 Å². The van der Waals surface area contributed by atoms with Crippen molar-refractivity contribution in [3.05, 3.63) is 30.0 Å². The number of carbonyl (C=O) groups excluding carboxylic acids is 2. The third-order valence-corrected chi connectivity index (χ3v) is 3.24. The minimum atomic E-state index is -0.443. The number of esters is 1. The summed E-state index contributed by atoms with van der Waals surface area (Å²) in [6.45, 7) is 3.63. The maximum atomic E-state index is 12.4. The molecule has 0 N–H and O–H groups in total. The first-order valence-corrected chi connectivity index (χ1v) is 6.72. The van der Waals surface area contributed by atoms with Gasteiger partial charge in [0.15, 0.2) is 5.58 Å². The average Bonchev–Trinajstić information content (AvgIpc) is 2.87. The van der Waals surface area contributed by atoms with Gasteiger partial charge in [0, 0.05) is 11.4 Å². The Morgan fingerprint density at radius 3 is 2.71 bits per heavy atom. The van der Waals surface area contributed by atoms with Crippen molar-refractivity contribution in [2.75, 3.05) is 13.7 Å². The number of fused-ring (bicyclic) bond motifs is 1. The van der Waals surface area contributed by atoms with E-state index in [-0.39, 0.29) is 24.9 Å². The summed E-state index contributed by atoms with van der Waals surface area (Å²) in [5.74, 6) is -0.628. The summed E-state index contributed by atoms with van der Waals surface area (Å²) in [6.07, 6.45) is 0.0895. The second-order valence-corrected chi connectivity index (χ2v) is 4.99. The second kappa shape index (κ2) is 6.39. The van der Waals surface area contributed by atoms with Crippen LogP contribution in [-0.2, 0) is 20.7 Å². The number of rotatable bonds is 5. The van der Waals surface area contributed by atoms with Crippen molar-refractivity contribution in [3.63, 3.8) is 0 Å². The fourth-order valence-electron chi connectivity index (χ4n) is 2.07. The Labute approximate surface area is 122 Å². The molecule has 0 radical (unpaired) electrons. The lowest BCUT2D eigenvalue weighted by atomic mass is 10.1. The fourth-order valence-corrected chi connectivity index (χ4v) is 2.07. The van der Waals surface area contributed by atoms with E-state index in [0.29, 0.717) is 11.3 Å². The zero-order valence-corrected chi connectivity index (χ0v) is 12.3. The van der Waals surface area contributed by atoms with Gasteiger partial charge in [0.2, 0.25) is 5.91 Å². The Morgan fingerprint density at radius 1 is 1.33 bits per heavy atom. The third-order valence-electron chi connectivity index (χ3n) is 3.24. The van der Waals surface area contributed by atoms with E-state index < -0.39 is 5.97 Å². The summed E-state index contributed by atoms with van der Waals surface area (Å²) >= 11 is 0. The molecule has 0 atom stereocenters. The average molecular weight is 290 g/mol. The van der Waals surface area contributed by atoms with Crippen molar-refractivity contribution in [1.82, 2.24) is 10.1 Å². The van der Waals surface area contributed by atoms with Gasteiger partial charge in [-0.25, -0.2) is 0 Å². The van der Waals surface area contributed by atoms with Gasteiger partial charge in [-0.2, -0.15) is 0 Å². The van der Waals surface area contributed by atoms with Crippen LogP contribution in [0.4, 0.5) is 0 Å². The predicted molar refractivity (Wildman–Crippen MR) is 76.6 cm³/mol. The van der Waals surface area contributed by atoms with Gasteiger partial charge < -0.3 is 14.2 Å². The topological polar surface area (TPSA) is 72.6 Å². The number of para-hydroxylation sites is 1. The van der Waals surface area contributed by atoms with Crippen LogP contribution in [0.15, 0.2) is 28.8 Å². The van der Waals surface area contributed by atoms with Crippen molar-refractivity contribution in [2.24, 2.45) is 0 Å². The molecular formula is C15H18N2O4. The van der Waals surface area contributed by atoms with Gasteiger partial charge in [-0.05, 0) is 26.0 Å². The minimum Gasteiger partial charge on any atom is -0.468 e. The highest BCUT2D eigenvalue weighted by atomic mass is 16.5. The van der Waals surface area contributed by atoms with E-state index in [2.05, 4.69) is 9.89 Å². The maximum Gasteiger partial charge on any atom is 0.325 e. The molecule has 6 nitrogen and oxygen atoms in total. The number of nitrogens with zero attached hydrogens (tertiary/aromatic N) is 2. The van der Waals surface area contributed by atoms with Crippen molar-refractivity contribution >= 4 is 22.8 Å². The van der Waals surface area contributed by atoms with Gasteiger partial charge in [0.05, 0.1) is 13.5 Å². The van der Waals surface area contributed by atoms with Crippen molar-refractivity contribution in [3.8, 4) is 0 Å².